The number of oxazole rings is 1. The maximum Gasteiger partial charge on any atom is 0.229 e. The van der Waals surface area contributed by atoms with E-state index >= 15 is 0 Å². The maximum atomic E-state index is 12.1. The molecule has 0 bridgehead atoms. The summed E-state index contributed by atoms with van der Waals surface area (Å²) < 4.78 is 36.5. The molecule has 3 N–H and O–H groups in total. The maximum absolute atomic E-state index is 12.1. The van der Waals surface area contributed by atoms with Gasteiger partial charge in [-0.3, -0.25) is 9.78 Å². The molecule has 1 aliphatic heterocycles. The summed E-state index contributed by atoms with van der Waals surface area (Å²) in [5.74, 6) is 1.22. The lowest BCUT2D eigenvalue weighted by atomic mass is 9.98. The number of anilines is 1. The topological polar surface area (TPSA) is 154 Å². The van der Waals surface area contributed by atoms with Gasteiger partial charge in [0, 0.05) is 36.3 Å². The number of amides is 1. The summed E-state index contributed by atoms with van der Waals surface area (Å²) in [6.07, 6.45) is 5.70. The van der Waals surface area contributed by atoms with Gasteiger partial charge in [-0.15, -0.1) is 0 Å². The average Bonchev–Trinajstić information content (AvgIpc) is 3.53. The zero-order chi connectivity index (χ0) is 25.2. The van der Waals surface area contributed by atoms with Gasteiger partial charge in [0.15, 0.2) is 5.58 Å². The fourth-order valence-electron chi connectivity index (χ4n) is 4.55. The van der Waals surface area contributed by atoms with Crippen LogP contribution in [0.4, 0.5) is 5.82 Å². The molecule has 3 aromatic heterocycles. The summed E-state index contributed by atoms with van der Waals surface area (Å²) in [5.41, 5.74) is 7.41. The van der Waals surface area contributed by atoms with Crippen LogP contribution in [-0.2, 0) is 20.2 Å². The minimum atomic E-state index is -3.20. The molecule has 6 rings (SSSR count). The number of hydrogen-bond acceptors (Lipinski definition) is 9. The second-order valence-corrected chi connectivity index (χ2v) is 11.3. The number of pyridine rings is 2. The zero-order valence-corrected chi connectivity index (χ0v) is 20.5. The number of sulfonamides is 1. The van der Waals surface area contributed by atoms with E-state index in [9.17, 15) is 13.2 Å². The summed E-state index contributed by atoms with van der Waals surface area (Å²) in [5, 5.41) is 4.64. The van der Waals surface area contributed by atoms with Crippen molar-refractivity contribution in [1.82, 2.24) is 19.3 Å². The van der Waals surface area contributed by atoms with Crippen molar-refractivity contribution in [1.29, 1.82) is 0 Å². The molecule has 36 heavy (non-hydrogen) atoms. The number of carbonyl (C=O) groups excluding carboxylic acids is 1. The van der Waals surface area contributed by atoms with Gasteiger partial charge in [-0.25, -0.2) is 18.4 Å². The van der Waals surface area contributed by atoms with Crippen molar-refractivity contribution in [3.8, 4) is 17.2 Å². The fourth-order valence-corrected chi connectivity index (χ4v) is 5.43. The Balaban J connectivity index is 1.36. The lowest BCUT2D eigenvalue weighted by Gasteiger charge is -2.36. The first-order chi connectivity index (χ1) is 17.2. The summed E-state index contributed by atoms with van der Waals surface area (Å²) in [6, 6.07) is 7.18. The predicted molar refractivity (Wildman–Crippen MR) is 133 cm³/mol. The van der Waals surface area contributed by atoms with Gasteiger partial charge < -0.3 is 20.2 Å². The number of aromatic nitrogens is 3. The summed E-state index contributed by atoms with van der Waals surface area (Å²) in [6.45, 7) is 0.638. The molecule has 186 valence electrons. The van der Waals surface area contributed by atoms with Gasteiger partial charge in [0.05, 0.1) is 36.0 Å². The van der Waals surface area contributed by atoms with Crippen molar-refractivity contribution in [2.45, 2.75) is 24.4 Å². The fraction of sp³-hybridized carbons (Fsp3) is 0.333. The van der Waals surface area contributed by atoms with E-state index in [1.807, 2.05) is 6.07 Å². The van der Waals surface area contributed by atoms with Crippen LogP contribution in [0.3, 0.4) is 0 Å². The number of ether oxygens (including phenoxy) is 1. The van der Waals surface area contributed by atoms with Gasteiger partial charge in [0.2, 0.25) is 21.8 Å². The zero-order valence-electron chi connectivity index (χ0n) is 19.7. The van der Waals surface area contributed by atoms with Gasteiger partial charge in [0.1, 0.15) is 23.2 Å². The molecule has 1 saturated heterocycles. The smallest absolute Gasteiger partial charge is 0.229 e. The van der Waals surface area contributed by atoms with Crippen LogP contribution in [0.2, 0.25) is 0 Å². The highest BCUT2D eigenvalue weighted by atomic mass is 32.2. The van der Waals surface area contributed by atoms with Crippen molar-refractivity contribution in [3.05, 3.63) is 42.4 Å². The largest absolute Gasteiger partial charge is 0.488 e. The van der Waals surface area contributed by atoms with E-state index in [-0.39, 0.29) is 12.0 Å². The Morgan fingerprint density at radius 2 is 1.97 bits per heavy atom. The van der Waals surface area contributed by atoms with Crippen LogP contribution in [0.1, 0.15) is 18.5 Å². The van der Waals surface area contributed by atoms with E-state index in [1.54, 1.807) is 37.6 Å². The van der Waals surface area contributed by atoms with Crippen LogP contribution in [-0.4, -0.2) is 66.1 Å². The molecule has 0 unspecified atom stereocenters. The molecule has 1 aliphatic carbocycles. The molecule has 2 fully saturated rings. The Morgan fingerprint density at radius 1 is 1.19 bits per heavy atom. The normalized spacial score (nSPS) is 17.7. The van der Waals surface area contributed by atoms with E-state index in [0.29, 0.717) is 65.7 Å². The molecule has 11 nitrogen and oxygen atoms in total. The van der Waals surface area contributed by atoms with Gasteiger partial charge in [-0.05, 0) is 31.0 Å². The van der Waals surface area contributed by atoms with Crippen molar-refractivity contribution in [2.24, 2.45) is 5.73 Å². The number of nitrogens with one attached hydrogen (secondary N) is 1. The Morgan fingerprint density at radius 3 is 2.64 bits per heavy atom. The van der Waals surface area contributed by atoms with E-state index in [2.05, 4.69) is 20.3 Å². The van der Waals surface area contributed by atoms with Gasteiger partial charge in [-0.1, -0.05) is 0 Å². The molecule has 1 saturated carbocycles. The van der Waals surface area contributed by atoms with Gasteiger partial charge in [-0.2, -0.15) is 4.31 Å². The number of nitrogens with zero attached hydrogens (tertiary/aromatic N) is 4. The average molecular weight is 509 g/mol. The van der Waals surface area contributed by atoms with Crippen LogP contribution >= 0.6 is 0 Å². The quantitative estimate of drug-likeness (QED) is 0.382. The van der Waals surface area contributed by atoms with Gasteiger partial charge in [0.25, 0.3) is 0 Å². The van der Waals surface area contributed by atoms with E-state index in [1.165, 1.54) is 10.6 Å². The first-order valence-electron chi connectivity index (χ1n) is 11.5. The highest BCUT2D eigenvalue weighted by Gasteiger charge is 2.51. The van der Waals surface area contributed by atoms with Crippen LogP contribution in [0, 0.1) is 0 Å². The molecular formula is C24H24N6O5S. The molecule has 4 heterocycles. The second kappa shape index (κ2) is 7.87. The molecule has 4 aromatic rings. The molecule has 12 heteroatoms. The second-order valence-electron chi connectivity index (χ2n) is 9.30. The molecule has 0 atom stereocenters. The Bertz CT molecular complexity index is 1640. The highest BCUT2D eigenvalue weighted by molar-refractivity contribution is 7.88. The lowest BCUT2D eigenvalue weighted by Crippen LogP contribution is -2.55. The Kier molecular flexibility index (Phi) is 4.96. The Hall–Kier alpha value is -3.77. The lowest BCUT2D eigenvalue weighted by molar-refractivity contribution is -0.120. The Labute approximate surface area is 206 Å². The van der Waals surface area contributed by atoms with Crippen LogP contribution in [0.15, 0.2) is 41.1 Å². The van der Waals surface area contributed by atoms with Crippen molar-refractivity contribution < 1.29 is 22.4 Å². The minimum absolute atomic E-state index is 0.211. The number of fused-ring (bicyclic) bond motifs is 2. The summed E-state index contributed by atoms with van der Waals surface area (Å²) >= 11 is 0. The van der Waals surface area contributed by atoms with Crippen LogP contribution in [0.25, 0.3) is 33.3 Å². The van der Waals surface area contributed by atoms with Crippen molar-refractivity contribution in [3.63, 3.8) is 0 Å². The number of nitrogens with two attached hydrogens (primary N) is 1. The SMILES string of the molecule is CNc1ncc(-c2nc3cc(OC4CN(S(C)(=O)=O)C4)ccc3o2)c2cc(C3(C(N)=O)CC3)ncc12. The van der Waals surface area contributed by atoms with Crippen molar-refractivity contribution >= 4 is 43.6 Å². The highest BCUT2D eigenvalue weighted by Crippen LogP contribution is 2.48. The number of rotatable bonds is 7. The number of carbonyl (C=O) groups is 1. The summed E-state index contributed by atoms with van der Waals surface area (Å²) in [4.78, 5) is 25.8. The molecule has 1 aromatic carbocycles. The number of hydrogen-bond donors (Lipinski definition) is 2. The standard InChI is InChI=1S/C24H24N6O5S/c1-26-21-16-9-27-20(24(5-6-24)23(25)31)8-15(16)17(10-28-21)22-29-18-7-13(3-4-19(18)35-22)34-14-11-30(12-14)36(2,32)33/h3-4,7-10,14H,5-6,11-12H2,1-2H3,(H2,25,31)(H,26,28). The third-order valence-electron chi connectivity index (χ3n) is 6.90. The van der Waals surface area contributed by atoms with Gasteiger partial charge >= 0.3 is 0 Å². The number of benzene rings is 1. The monoisotopic (exact) mass is 508 g/mol. The minimum Gasteiger partial charge on any atom is -0.488 e. The molecule has 0 spiro atoms. The van der Waals surface area contributed by atoms with E-state index < -0.39 is 15.4 Å². The van der Waals surface area contributed by atoms with Crippen LogP contribution < -0.4 is 15.8 Å². The first kappa shape index (κ1) is 22.7. The third-order valence-corrected chi connectivity index (χ3v) is 8.13. The van der Waals surface area contributed by atoms with Crippen LogP contribution in [0.5, 0.6) is 5.75 Å². The molecule has 0 radical (unpaired) electrons. The summed E-state index contributed by atoms with van der Waals surface area (Å²) in [7, 11) is -1.43. The predicted octanol–water partition coefficient (Wildman–Crippen LogP) is 2.02. The van der Waals surface area contributed by atoms with Crippen molar-refractivity contribution in [2.75, 3.05) is 31.7 Å². The molecule has 2 aliphatic rings. The third kappa shape index (κ3) is 3.64. The number of primary amides is 1. The molecular weight excluding hydrogens is 484 g/mol. The molecule has 1 amide bonds. The van der Waals surface area contributed by atoms with E-state index in [4.69, 9.17) is 14.9 Å². The first-order valence-corrected chi connectivity index (χ1v) is 13.3. The van der Waals surface area contributed by atoms with E-state index in [0.717, 1.165) is 10.8 Å².